The van der Waals surface area contributed by atoms with Crippen LogP contribution in [0.25, 0.3) is 22.3 Å². The summed E-state index contributed by atoms with van der Waals surface area (Å²) in [5.74, 6) is 0. The maximum absolute atomic E-state index is 12.8. The predicted octanol–water partition coefficient (Wildman–Crippen LogP) is 3.63. The molecule has 22 heavy (non-hydrogen) atoms. The van der Waals surface area contributed by atoms with Gasteiger partial charge in [0.1, 0.15) is 12.2 Å². The molecule has 0 saturated carbocycles. The predicted molar refractivity (Wildman–Crippen MR) is 77.5 cm³/mol. The van der Waals surface area contributed by atoms with Gasteiger partial charge in [-0.3, -0.25) is 9.36 Å². The van der Waals surface area contributed by atoms with Crippen molar-refractivity contribution < 1.29 is 13.2 Å². The molecule has 0 aliphatic rings. The van der Waals surface area contributed by atoms with E-state index in [0.29, 0.717) is 11.1 Å². The fourth-order valence-corrected chi connectivity index (χ4v) is 2.31. The van der Waals surface area contributed by atoms with Gasteiger partial charge in [-0.15, -0.1) is 0 Å². The van der Waals surface area contributed by atoms with Crippen molar-refractivity contribution >= 4 is 11.0 Å². The fourth-order valence-electron chi connectivity index (χ4n) is 2.31. The molecule has 0 spiro atoms. The number of nitrogens with zero attached hydrogens (tertiary/aromatic N) is 2. The molecule has 0 unspecified atom stereocenters. The Morgan fingerprint density at radius 3 is 2.27 bits per heavy atom. The fraction of sp³-hybridized carbons (Fsp3) is 0.125. The summed E-state index contributed by atoms with van der Waals surface area (Å²) in [6.07, 6.45) is -4.48. The van der Waals surface area contributed by atoms with E-state index in [1.54, 1.807) is 48.5 Å². The van der Waals surface area contributed by atoms with Crippen molar-refractivity contribution in [3.63, 3.8) is 0 Å². The molecule has 0 aliphatic carbocycles. The van der Waals surface area contributed by atoms with Crippen LogP contribution in [0.15, 0.2) is 59.4 Å². The van der Waals surface area contributed by atoms with Crippen LogP contribution in [0.5, 0.6) is 0 Å². The second kappa shape index (κ2) is 5.29. The van der Waals surface area contributed by atoms with Crippen LogP contribution in [0, 0.1) is 0 Å². The van der Waals surface area contributed by atoms with Gasteiger partial charge in [0.05, 0.1) is 11.0 Å². The number of fused-ring (bicyclic) bond motifs is 1. The lowest BCUT2D eigenvalue weighted by atomic mass is 10.1. The Labute approximate surface area is 123 Å². The summed E-state index contributed by atoms with van der Waals surface area (Å²) in [6, 6.07) is 14.8. The molecule has 3 nitrogen and oxygen atoms in total. The Kier molecular flexibility index (Phi) is 3.44. The first-order chi connectivity index (χ1) is 10.5. The van der Waals surface area contributed by atoms with Crippen molar-refractivity contribution in [2.24, 2.45) is 0 Å². The highest BCUT2D eigenvalue weighted by atomic mass is 19.4. The SMILES string of the molecule is O=c1c(-c2ccccc2)nc2ccccc2n1CC(F)(F)F. The summed E-state index contributed by atoms with van der Waals surface area (Å²) in [5, 5.41) is 0. The lowest BCUT2D eigenvalue weighted by molar-refractivity contribution is -0.140. The highest BCUT2D eigenvalue weighted by molar-refractivity contribution is 5.77. The summed E-state index contributed by atoms with van der Waals surface area (Å²) in [6.45, 7) is -1.34. The third kappa shape index (κ3) is 2.72. The van der Waals surface area contributed by atoms with Crippen LogP contribution >= 0.6 is 0 Å². The third-order valence-electron chi connectivity index (χ3n) is 3.24. The van der Waals surface area contributed by atoms with Gasteiger partial charge in [-0.1, -0.05) is 42.5 Å². The number of hydrogen-bond acceptors (Lipinski definition) is 2. The van der Waals surface area contributed by atoms with Crippen molar-refractivity contribution in [1.29, 1.82) is 0 Å². The minimum atomic E-state index is -4.48. The zero-order valence-corrected chi connectivity index (χ0v) is 11.3. The number of benzene rings is 2. The van der Waals surface area contributed by atoms with Crippen molar-refractivity contribution in [2.75, 3.05) is 0 Å². The average Bonchev–Trinajstić information content (AvgIpc) is 2.50. The van der Waals surface area contributed by atoms with E-state index >= 15 is 0 Å². The van der Waals surface area contributed by atoms with Crippen LogP contribution in [0.4, 0.5) is 13.2 Å². The number of alkyl halides is 3. The maximum atomic E-state index is 12.8. The van der Waals surface area contributed by atoms with E-state index in [0.717, 1.165) is 4.57 Å². The Morgan fingerprint density at radius 1 is 0.955 bits per heavy atom. The molecule has 1 aromatic heterocycles. The smallest absolute Gasteiger partial charge is 0.296 e. The number of aromatic nitrogens is 2. The molecule has 0 bridgehead atoms. The normalized spacial score (nSPS) is 11.8. The van der Waals surface area contributed by atoms with Gasteiger partial charge in [0.25, 0.3) is 5.56 Å². The molecule has 6 heteroatoms. The van der Waals surface area contributed by atoms with E-state index < -0.39 is 18.3 Å². The Morgan fingerprint density at radius 2 is 1.59 bits per heavy atom. The molecule has 0 radical (unpaired) electrons. The molecule has 0 atom stereocenters. The largest absolute Gasteiger partial charge is 0.406 e. The molecular formula is C16H11F3N2O. The van der Waals surface area contributed by atoms with E-state index in [2.05, 4.69) is 4.98 Å². The van der Waals surface area contributed by atoms with E-state index in [1.165, 1.54) is 6.07 Å². The minimum Gasteiger partial charge on any atom is -0.296 e. The van der Waals surface area contributed by atoms with Gasteiger partial charge in [0.15, 0.2) is 0 Å². The van der Waals surface area contributed by atoms with Crippen LogP contribution in [-0.4, -0.2) is 15.7 Å². The second-order valence-electron chi connectivity index (χ2n) is 4.82. The van der Waals surface area contributed by atoms with Gasteiger partial charge in [0.2, 0.25) is 0 Å². The van der Waals surface area contributed by atoms with Crippen LogP contribution in [0.2, 0.25) is 0 Å². The highest BCUT2D eigenvalue weighted by Gasteiger charge is 2.30. The Balaban J connectivity index is 2.32. The Bertz CT molecular complexity index is 870. The minimum absolute atomic E-state index is 0.0172. The van der Waals surface area contributed by atoms with Crippen molar-refractivity contribution in [3.05, 3.63) is 65.0 Å². The molecule has 3 aromatic rings. The molecule has 0 aliphatic heterocycles. The van der Waals surface area contributed by atoms with E-state index in [-0.39, 0.29) is 11.2 Å². The molecule has 0 fully saturated rings. The van der Waals surface area contributed by atoms with E-state index in [9.17, 15) is 18.0 Å². The summed E-state index contributed by atoms with van der Waals surface area (Å²) in [7, 11) is 0. The summed E-state index contributed by atoms with van der Waals surface area (Å²) in [5.41, 5.74) is 0.287. The van der Waals surface area contributed by atoms with Crippen LogP contribution in [0.3, 0.4) is 0 Å². The quantitative estimate of drug-likeness (QED) is 0.724. The molecule has 3 rings (SSSR count). The molecule has 2 aromatic carbocycles. The lowest BCUT2D eigenvalue weighted by Crippen LogP contribution is -2.30. The topological polar surface area (TPSA) is 34.9 Å². The maximum Gasteiger partial charge on any atom is 0.406 e. The van der Waals surface area contributed by atoms with Crippen molar-refractivity contribution in [1.82, 2.24) is 9.55 Å². The van der Waals surface area contributed by atoms with E-state index in [4.69, 9.17) is 0 Å². The molecule has 0 amide bonds. The van der Waals surface area contributed by atoms with Gasteiger partial charge in [0, 0.05) is 5.56 Å². The van der Waals surface area contributed by atoms with Gasteiger partial charge < -0.3 is 0 Å². The van der Waals surface area contributed by atoms with E-state index in [1.807, 2.05) is 0 Å². The van der Waals surface area contributed by atoms with Crippen molar-refractivity contribution in [2.45, 2.75) is 12.7 Å². The number of hydrogen-bond donors (Lipinski definition) is 0. The van der Waals surface area contributed by atoms with Crippen molar-refractivity contribution in [3.8, 4) is 11.3 Å². The summed E-state index contributed by atoms with van der Waals surface area (Å²) in [4.78, 5) is 16.7. The van der Waals surface area contributed by atoms with Gasteiger partial charge in [-0.25, -0.2) is 4.98 Å². The molecule has 112 valence electrons. The standard InChI is InChI=1S/C16H11F3N2O/c17-16(18,19)10-21-13-9-5-4-8-12(13)20-14(15(21)22)11-6-2-1-3-7-11/h1-9H,10H2. The molecule has 1 heterocycles. The molecular weight excluding hydrogens is 293 g/mol. The Hall–Kier alpha value is -2.63. The first-order valence-electron chi connectivity index (χ1n) is 6.57. The molecule has 0 N–H and O–H groups in total. The van der Waals surface area contributed by atoms with Gasteiger partial charge in [-0.2, -0.15) is 13.2 Å². The average molecular weight is 304 g/mol. The summed E-state index contributed by atoms with van der Waals surface area (Å²) >= 11 is 0. The number of para-hydroxylation sites is 2. The van der Waals surface area contributed by atoms with Gasteiger partial charge in [-0.05, 0) is 12.1 Å². The highest BCUT2D eigenvalue weighted by Crippen LogP contribution is 2.22. The van der Waals surface area contributed by atoms with Gasteiger partial charge >= 0.3 is 6.18 Å². The van der Waals surface area contributed by atoms with Crippen LogP contribution in [-0.2, 0) is 6.54 Å². The third-order valence-corrected chi connectivity index (χ3v) is 3.24. The monoisotopic (exact) mass is 304 g/mol. The number of rotatable bonds is 2. The zero-order valence-electron chi connectivity index (χ0n) is 11.3. The van der Waals surface area contributed by atoms with Crippen LogP contribution in [0.1, 0.15) is 0 Å². The first-order valence-corrected chi connectivity index (χ1v) is 6.57. The summed E-state index contributed by atoms with van der Waals surface area (Å²) < 4.78 is 39.1. The van der Waals surface area contributed by atoms with Crippen LogP contribution < -0.4 is 5.56 Å². The second-order valence-corrected chi connectivity index (χ2v) is 4.82. The molecule has 0 saturated heterocycles. The number of halogens is 3. The first kappa shape index (κ1) is 14.3. The lowest BCUT2D eigenvalue weighted by Gasteiger charge is -2.14. The zero-order chi connectivity index (χ0) is 15.7.